The highest BCUT2D eigenvalue weighted by atomic mass is 14.8. The van der Waals surface area contributed by atoms with Gasteiger partial charge in [-0.15, -0.1) is 0 Å². The van der Waals surface area contributed by atoms with Gasteiger partial charge in [0.15, 0.2) is 0 Å². The molecule has 3 nitrogen and oxygen atoms in total. The Morgan fingerprint density at radius 1 is 1.00 bits per heavy atom. The van der Waals surface area contributed by atoms with Gasteiger partial charge in [-0.25, -0.2) is 0 Å². The number of nitrogens with zero attached hydrogens (tertiary/aromatic N) is 2. The molecule has 1 aliphatic rings. The van der Waals surface area contributed by atoms with Gasteiger partial charge in [0.25, 0.3) is 0 Å². The SMILES string of the molecule is N#CC(C#N)=CNc1ccc2c(c1)Cc1ccccc1-2. The van der Waals surface area contributed by atoms with Gasteiger partial charge < -0.3 is 5.32 Å². The zero-order chi connectivity index (χ0) is 13.9. The first-order valence-corrected chi connectivity index (χ1v) is 6.30. The summed E-state index contributed by atoms with van der Waals surface area (Å²) in [6.45, 7) is 0. The first-order valence-electron chi connectivity index (χ1n) is 6.30. The fourth-order valence-corrected chi connectivity index (χ4v) is 2.48. The van der Waals surface area contributed by atoms with Crippen molar-refractivity contribution in [3.63, 3.8) is 0 Å². The van der Waals surface area contributed by atoms with E-state index in [1.54, 1.807) is 0 Å². The summed E-state index contributed by atoms with van der Waals surface area (Å²) in [6, 6.07) is 18.1. The van der Waals surface area contributed by atoms with E-state index in [9.17, 15) is 0 Å². The van der Waals surface area contributed by atoms with Gasteiger partial charge in [0, 0.05) is 11.9 Å². The van der Waals surface area contributed by atoms with E-state index in [1.165, 1.54) is 28.5 Å². The minimum atomic E-state index is 0.0637. The van der Waals surface area contributed by atoms with E-state index < -0.39 is 0 Å². The predicted molar refractivity (Wildman–Crippen MR) is 77.6 cm³/mol. The van der Waals surface area contributed by atoms with Crippen molar-refractivity contribution in [1.82, 2.24) is 0 Å². The van der Waals surface area contributed by atoms with Crippen molar-refractivity contribution in [3.8, 4) is 23.3 Å². The van der Waals surface area contributed by atoms with E-state index in [1.807, 2.05) is 18.2 Å². The molecule has 0 aliphatic heterocycles. The maximum Gasteiger partial charge on any atom is 0.145 e. The average Bonchev–Trinajstić information content (AvgIpc) is 2.86. The monoisotopic (exact) mass is 257 g/mol. The number of hydrogen-bond donors (Lipinski definition) is 1. The van der Waals surface area contributed by atoms with E-state index in [0.717, 1.165) is 12.1 Å². The highest BCUT2D eigenvalue weighted by molar-refractivity contribution is 5.78. The second-order valence-electron chi connectivity index (χ2n) is 4.63. The van der Waals surface area contributed by atoms with Crippen LogP contribution in [0.15, 0.2) is 54.2 Å². The Labute approximate surface area is 117 Å². The number of allylic oxidation sites excluding steroid dienone is 1. The lowest BCUT2D eigenvalue weighted by Crippen LogP contribution is -1.91. The van der Waals surface area contributed by atoms with Crippen molar-refractivity contribution in [2.75, 3.05) is 5.32 Å². The van der Waals surface area contributed by atoms with Crippen LogP contribution in [-0.4, -0.2) is 0 Å². The summed E-state index contributed by atoms with van der Waals surface area (Å²) >= 11 is 0. The van der Waals surface area contributed by atoms with Crippen LogP contribution in [0.1, 0.15) is 11.1 Å². The fourth-order valence-electron chi connectivity index (χ4n) is 2.48. The van der Waals surface area contributed by atoms with Crippen molar-refractivity contribution in [3.05, 3.63) is 65.4 Å². The molecule has 1 N–H and O–H groups in total. The summed E-state index contributed by atoms with van der Waals surface area (Å²) in [5.41, 5.74) is 6.11. The fraction of sp³-hybridized carbons (Fsp3) is 0.0588. The number of anilines is 1. The molecule has 2 aromatic rings. The molecule has 20 heavy (non-hydrogen) atoms. The Morgan fingerprint density at radius 2 is 1.75 bits per heavy atom. The molecule has 0 saturated heterocycles. The lowest BCUT2D eigenvalue weighted by atomic mass is 10.1. The third-order valence-electron chi connectivity index (χ3n) is 3.42. The van der Waals surface area contributed by atoms with Crippen molar-refractivity contribution < 1.29 is 0 Å². The standard InChI is InChI=1S/C17H11N3/c18-9-12(10-19)11-20-15-5-6-17-14(8-15)7-13-3-1-2-4-16(13)17/h1-6,8,11,20H,7H2. The van der Waals surface area contributed by atoms with Crippen LogP contribution in [0.4, 0.5) is 5.69 Å². The highest BCUT2D eigenvalue weighted by Gasteiger charge is 2.17. The summed E-state index contributed by atoms with van der Waals surface area (Å²) in [7, 11) is 0. The number of fused-ring (bicyclic) bond motifs is 3. The van der Waals surface area contributed by atoms with Crippen LogP contribution in [0.25, 0.3) is 11.1 Å². The lowest BCUT2D eigenvalue weighted by Gasteiger charge is -2.05. The molecule has 0 radical (unpaired) electrons. The Kier molecular flexibility index (Phi) is 2.95. The molecule has 0 spiro atoms. The van der Waals surface area contributed by atoms with Crippen LogP contribution < -0.4 is 5.32 Å². The molecule has 2 aromatic carbocycles. The molecule has 0 heterocycles. The highest BCUT2D eigenvalue weighted by Crippen LogP contribution is 2.37. The van der Waals surface area contributed by atoms with E-state index >= 15 is 0 Å². The normalized spacial score (nSPS) is 10.7. The third-order valence-corrected chi connectivity index (χ3v) is 3.42. The second-order valence-corrected chi connectivity index (χ2v) is 4.63. The van der Waals surface area contributed by atoms with E-state index in [4.69, 9.17) is 10.5 Å². The molecule has 0 unspecified atom stereocenters. The predicted octanol–water partition coefficient (Wildman–Crippen LogP) is 3.60. The van der Waals surface area contributed by atoms with Crippen LogP contribution in [0, 0.1) is 22.7 Å². The topological polar surface area (TPSA) is 59.6 Å². The molecule has 0 saturated carbocycles. The number of nitriles is 2. The van der Waals surface area contributed by atoms with Gasteiger partial charge in [-0.05, 0) is 40.8 Å². The van der Waals surface area contributed by atoms with Crippen LogP contribution >= 0.6 is 0 Å². The Hall–Kier alpha value is -3.04. The molecule has 0 aromatic heterocycles. The number of benzene rings is 2. The van der Waals surface area contributed by atoms with Crippen LogP contribution in [0.3, 0.4) is 0 Å². The summed E-state index contributed by atoms with van der Waals surface area (Å²) in [5, 5.41) is 20.4. The van der Waals surface area contributed by atoms with Gasteiger partial charge in [0.2, 0.25) is 0 Å². The molecule has 3 rings (SSSR count). The molecule has 94 valence electrons. The smallest absolute Gasteiger partial charge is 0.145 e. The Bertz CT molecular complexity index is 773. The van der Waals surface area contributed by atoms with Crippen LogP contribution in [0.2, 0.25) is 0 Å². The minimum absolute atomic E-state index is 0.0637. The zero-order valence-electron chi connectivity index (χ0n) is 10.7. The largest absolute Gasteiger partial charge is 0.360 e. The lowest BCUT2D eigenvalue weighted by molar-refractivity contribution is 1.26. The van der Waals surface area contributed by atoms with Gasteiger partial charge >= 0.3 is 0 Å². The maximum absolute atomic E-state index is 8.70. The molecule has 0 fully saturated rings. The summed E-state index contributed by atoms with van der Waals surface area (Å²) in [5.74, 6) is 0. The van der Waals surface area contributed by atoms with Gasteiger partial charge in [-0.3, -0.25) is 0 Å². The van der Waals surface area contributed by atoms with E-state index in [-0.39, 0.29) is 5.57 Å². The second kappa shape index (κ2) is 4.91. The molecule has 3 heteroatoms. The van der Waals surface area contributed by atoms with Crippen molar-refractivity contribution >= 4 is 5.69 Å². The summed E-state index contributed by atoms with van der Waals surface area (Å²) in [6.07, 6.45) is 2.36. The van der Waals surface area contributed by atoms with E-state index in [2.05, 4.69) is 41.7 Å². The van der Waals surface area contributed by atoms with Crippen molar-refractivity contribution in [1.29, 1.82) is 10.5 Å². The summed E-state index contributed by atoms with van der Waals surface area (Å²) < 4.78 is 0. The molecule has 0 amide bonds. The van der Waals surface area contributed by atoms with Crippen molar-refractivity contribution in [2.24, 2.45) is 0 Å². The first-order chi connectivity index (χ1) is 9.81. The number of nitrogens with one attached hydrogen (secondary N) is 1. The quantitative estimate of drug-likeness (QED) is 0.713. The number of rotatable bonds is 2. The van der Waals surface area contributed by atoms with Gasteiger partial charge in [-0.1, -0.05) is 30.3 Å². The molecular weight excluding hydrogens is 246 g/mol. The minimum Gasteiger partial charge on any atom is -0.360 e. The molecule has 0 atom stereocenters. The Morgan fingerprint density at radius 3 is 2.55 bits per heavy atom. The number of hydrogen-bond acceptors (Lipinski definition) is 3. The average molecular weight is 257 g/mol. The third kappa shape index (κ3) is 2.02. The molecule has 0 bridgehead atoms. The van der Waals surface area contributed by atoms with Gasteiger partial charge in [0.05, 0.1) is 0 Å². The van der Waals surface area contributed by atoms with Gasteiger partial charge in [-0.2, -0.15) is 10.5 Å². The van der Waals surface area contributed by atoms with Gasteiger partial charge in [0.1, 0.15) is 17.7 Å². The first kappa shape index (κ1) is 12.0. The maximum atomic E-state index is 8.70. The zero-order valence-corrected chi connectivity index (χ0v) is 10.7. The molecular formula is C17H11N3. The Balaban J connectivity index is 1.90. The molecule has 1 aliphatic carbocycles. The van der Waals surface area contributed by atoms with E-state index in [0.29, 0.717) is 0 Å². The van der Waals surface area contributed by atoms with Crippen LogP contribution in [-0.2, 0) is 6.42 Å². The van der Waals surface area contributed by atoms with Crippen molar-refractivity contribution in [2.45, 2.75) is 6.42 Å². The van der Waals surface area contributed by atoms with Crippen LogP contribution in [0.5, 0.6) is 0 Å². The summed E-state index contributed by atoms with van der Waals surface area (Å²) in [4.78, 5) is 0.